The van der Waals surface area contributed by atoms with E-state index in [0.29, 0.717) is 0 Å². The molecule has 0 bridgehead atoms. The zero-order valence-electron chi connectivity index (χ0n) is 34.8. The van der Waals surface area contributed by atoms with Crippen molar-refractivity contribution in [1.82, 2.24) is 4.57 Å². The Morgan fingerprint density at radius 3 is 1.16 bits per heavy atom. The fraction of sp³-hybridized carbons (Fsp3) is 0. The summed E-state index contributed by atoms with van der Waals surface area (Å²) >= 11 is 0. The molecule has 0 aliphatic rings. The predicted molar refractivity (Wildman–Crippen MR) is 270 cm³/mol. The van der Waals surface area contributed by atoms with Crippen molar-refractivity contribution in [1.29, 1.82) is 0 Å². The zero-order valence-corrected chi connectivity index (χ0v) is 35.8. The van der Waals surface area contributed by atoms with Crippen LogP contribution < -0.4 is 25.6 Å². The Labute approximate surface area is 370 Å². The van der Waals surface area contributed by atoms with Crippen LogP contribution in [0, 0.1) is 0 Å². The lowest BCUT2D eigenvalue weighted by Crippen LogP contribution is -2.74. The van der Waals surface area contributed by atoms with Crippen molar-refractivity contribution < 1.29 is 0 Å². The molecule has 0 unspecified atom stereocenters. The van der Waals surface area contributed by atoms with Crippen molar-refractivity contribution in [3.05, 3.63) is 267 Å². The lowest BCUT2D eigenvalue weighted by atomic mass is 10.0. The maximum Gasteiger partial charge on any atom is 0.179 e. The topological polar surface area (TPSA) is 8.17 Å². The first kappa shape index (κ1) is 38.0. The van der Waals surface area contributed by atoms with Crippen LogP contribution in [-0.2, 0) is 0 Å². The lowest BCUT2D eigenvalue weighted by Gasteiger charge is -2.35. The van der Waals surface area contributed by atoms with E-state index < -0.39 is 8.07 Å². The highest BCUT2D eigenvalue weighted by Crippen LogP contribution is 2.38. The molecule has 0 spiro atoms. The third-order valence-electron chi connectivity index (χ3n) is 12.6. The second kappa shape index (κ2) is 16.5. The minimum absolute atomic E-state index is 1.10. The fourth-order valence-electron chi connectivity index (χ4n) is 9.62. The zero-order chi connectivity index (χ0) is 42.0. The Kier molecular flexibility index (Phi) is 9.93. The van der Waals surface area contributed by atoms with E-state index in [1.807, 2.05) is 0 Å². The summed E-state index contributed by atoms with van der Waals surface area (Å²) in [6.45, 7) is 0. The molecule has 0 radical (unpaired) electrons. The molecular formula is C60H44N2Si. The molecule has 10 aromatic carbocycles. The van der Waals surface area contributed by atoms with Crippen molar-refractivity contribution >= 4 is 67.7 Å². The summed E-state index contributed by atoms with van der Waals surface area (Å²) in [5, 5.41) is 7.93. The molecule has 11 aromatic rings. The highest BCUT2D eigenvalue weighted by atomic mass is 28.3. The number of hydrogen-bond acceptors (Lipinski definition) is 1. The average molecular weight is 821 g/mol. The van der Waals surface area contributed by atoms with E-state index in [1.54, 1.807) is 0 Å². The first-order valence-corrected chi connectivity index (χ1v) is 23.7. The maximum absolute atomic E-state index is 2.68. The Morgan fingerprint density at radius 1 is 0.270 bits per heavy atom. The van der Waals surface area contributed by atoms with Crippen molar-refractivity contribution in [3.63, 3.8) is 0 Å². The van der Waals surface area contributed by atoms with Gasteiger partial charge >= 0.3 is 0 Å². The van der Waals surface area contributed by atoms with E-state index in [0.717, 1.165) is 17.1 Å². The first-order valence-electron chi connectivity index (χ1n) is 21.7. The number of benzene rings is 10. The van der Waals surface area contributed by atoms with Gasteiger partial charge in [-0.15, -0.1) is 0 Å². The van der Waals surface area contributed by atoms with E-state index in [2.05, 4.69) is 276 Å². The van der Waals surface area contributed by atoms with Gasteiger partial charge in [-0.25, -0.2) is 0 Å². The number of hydrogen-bond donors (Lipinski definition) is 0. The summed E-state index contributed by atoms with van der Waals surface area (Å²) in [4.78, 5) is 2.38. The van der Waals surface area contributed by atoms with Crippen LogP contribution in [0.3, 0.4) is 0 Å². The number of para-hydroxylation sites is 2. The quantitative estimate of drug-likeness (QED) is 0.0985. The van der Waals surface area contributed by atoms with Gasteiger partial charge in [-0.3, -0.25) is 0 Å². The Morgan fingerprint density at radius 2 is 0.635 bits per heavy atom. The molecule has 3 heteroatoms. The number of nitrogens with zero attached hydrogens (tertiary/aromatic N) is 2. The molecule has 1 aromatic heterocycles. The molecule has 0 aliphatic carbocycles. The molecule has 0 aliphatic heterocycles. The van der Waals surface area contributed by atoms with Crippen LogP contribution in [0.5, 0.6) is 0 Å². The molecule has 298 valence electrons. The second-order valence-electron chi connectivity index (χ2n) is 16.1. The standard InChI is InChI=1S/C60H44N2Si/c1-6-18-45(19-7-1)46-30-35-50(36-31-46)61(52-39-41-56(42-40-52)63(53-22-10-3-11-23-53,54-24-12-4-13-25-54)55-26-14-5-15-27-55)51-37-32-47(33-38-51)48-34-43-60-58(44-48)57-28-16-17-29-59(57)62(60)49-20-8-2-9-21-49/h1-44H. The largest absolute Gasteiger partial charge is 0.311 e. The summed E-state index contributed by atoms with van der Waals surface area (Å²) in [6, 6.07) is 97.7. The van der Waals surface area contributed by atoms with Crippen molar-refractivity contribution in [2.75, 3.05) is 4.90 Å². The van der Waals surface area contributed by atoms with Crippen LogP contribution >= 0.6 is 0 Å². The Balaban J connectivity index is 1.02. The Hall–Kier alpha value is -7.98. The van der Waals surface area contributed by atoms with Gasteiger partial charge in [0, 0.05) is 33.5 Å². The van der Waals surface area contributed by atoms with Crippen molar-refractivity contribution in [2.24, 2.45) is 0 Å². The molecule has 2 nitrogen and oxygen atoms in total. The molecule has 0 atom stereocenters. The van der Waals surface area contributed by atoms with Crippen molar-refractivity contribution in [2.45, 2.75) is 0 Å². The van der Waals surface area contributed by atoms with Crippen LogP contribution in [0.15, 0.2) is 267 Å². The monoisotopic (exact) mass is 820 g/mol. The van der Waals surface area contributed by atoms with Gasteiger partial charge in [0.05, 0.1) is 11.0 Å². The number of anilines is 3. The molecule has 0 saturated carbocycles. The van der Waals surface area contributed by atoms with Gasteiger partial charge in [-0.2, -0.15) is 0 Å². The van der Waals surface area contributed by atoms with Crippen molar-refractivity contribution in [3.8, 4) is 27.9 Å². The first-order chi connectivity index (χ1) is 31.3. The summed E-state index contributed by atoms with van der Waals surface area (Å²) in [5.41, 5.74) is 11.6. The number of aromatic nitrogens is 1. The van der Waals surface area contributed by atoms with Gasteiger partial charge in [0.15, 0.2) is 8.07 Å². The highest BCUT2D eigenvalue weighted by molar-refractivity contribution is 7.19. The third-order valence-corrected chi connectivity index (χ3v) is 17.4. The van der Waals surface area contributed by atoms with E-state index in [1.165, 1.54) is 70.5 Å². The molecule has 63 heavy (non-hydrogen) atoms. The normalized spacial score (nSPS) is 11.5. The highest BCUT2D eigenvalue weighted by Gasteiger charge is 2.41. The minimum Gasteiger partial charge on any atom is -0.311 e. The van der Waals surface area contributed by atoms with Crippen LogP contribution in [0.25, 0.3) is 49.7 Å². The van der Waals surface area contributed by atoms with E-state index >= 15 is 0 Å². The molecule has 0 fully saturated rings. The molecular weight excluding hydrogens is 777 g/mol. The van der Waals surface area contributed by atoms with E-state index in [-0.39, 0.29) is 0 Å². The summed E-state index contributed by atoms with van der Waals surface area (Å²) < 4.78 is 2.37. The van der Waals surface area contributed by atoms with Crippen LogP contribution in [0.2, 0.25) is 0 Å². The van der Waals surface area contributed by atoms with Crippen LogP contribution in [0.1, 0.15) is 0 Å². The van der Waals surface area contributed by atoms with E-state index in [4.69, 9.17) is 0 Å². The third kappa shape index (κ3) is 6.86. The average Bonchev–Trinajstić information content (AvgIpc) is 3.70. The van der Waals surface area contributed by atoms with Gasteiger partial charge < -0.3 is 9.47 Å². The molecule has 0 N–H and O–H groups in total. The summed E-state index contributed by atoms with van der Waals surface area (Å²) in [7, 11) is -2.68. The van der Waals surface area contributed by atoms with E-state index in [9.17, 15) is 0 Å². The van der Waals surface area contributed by atoms with Gasteiger partial charge in [-0.1, -0.05) is 200 Å². The molecule has 0 saturated heterocycles. The molecule has 1 heterocycles. The van der Waals surface area contributed by atoms with Gasteiger partial charge in [0.25, 0.3) is 0 Å². The molecule has 0 amide bonds. The summed E-state index contributed by atoms with van der Waals surface area (Å²) in [6.07, 6.45) is 0. The summed E-state index contributed by atoms with van der Waals surface area (Å²) in [5.74, 6) is 0. The second-order valence-corrected chi connectivity index (χ2v) is 19.9. The minimum atomic E-state index is -2.68. The molecule has 11 rings (SSSR count). The number of rotatable bonds is 10. The number of fused-ring (bicyclic) bond motifs is 3. The smallest absolute Gasteiger partial charge is 0.179 e. The van der Waals surface area contributed by atoms with Crippen LogP contribution in [0.4, 0.5) is 17.1 Å². The maximum atomic E-state index is 2.38. The van der Waals surface area contributed by atoms with Gasteiger partial charge in [0.2, 0.25) is 0 Å². The SMILES string of the molecule is c1ccc(-c2ccc(N(c3ccc(-c4ccc5c(c4)c4ccccc4n5-c4ccccc4)cc3)c3ccc([Si](c4ccccc4)(c4ccccc4)c4ccccc4)cc3)cc2)cc1. The predicted octanol–water partition coefficient (Wildman–Crippen LogP) is 13.0. The van der Waals surface area contributed by atoms with Gasteiger partial charge in [-0.05, 0) is 110 Å². The lowest BCUT2D eigenvalue weighted by molar-refractivity contribution is 1.18. The fourth-order valence-corrected chi connectivity index (χ4v) is 14.4. The van der Waals surface area contributed by atoms with Crippen LogP contribution in [-0.4, -0.2) is 12.6 Å². The Bertz CT molecular complexity index is 3180. The van der Waals surface area contributed by atoms with Gasteiger partial charge in [0.1, 0.15) is 0 Å².